The van der Waals surface area contributed by atoms with Crippen LogP contribution >= 0.6 is 0 Å². The van der Waals surface area contributed by atoms with Gasteiger partial charge in [-0.05, 0) is 66.3 Å². The number of piperazine rings is 1. The molecule has 1 aromatic carbocycles. The van der Waals surface area contributed by atoms with Crippen molar-refractivity contribution >= 4 is 17.5 Å². The number of ether oxygens (including phenoxy) is 1. The van der Waals surface area contributed by atoms with Gasteiger partial charge in [0.2, 0.25) is 0 Å². The Balaban J connectivity index is 1.26. The Hall–Kier alpha value is -4.06. The Labute approximate surface area is 277 Å². The summed E-state index contributed by atoms with van der Waals surface area (Å²) in [4.78, 5) is 26.8. The molecule has 0 radical (unpaired) electrons. The standard InChI is InChI=1S/C34H40F3N9O2/c1-23-4-3-6-44(17-23)18-24-12-26-27(28(13-24)34(35,36)37)19-46(32(26)47)30-15-25(33(20-48-21-33)16-31-41-39-22-42(31)2)14-29(40-30)45-10-8-43(7-5-38)9-11-45/h12-15,22-23H,3-4,6-11,16-21H2,1-2H3/t23-/m0/s1. The number of benzene rings is 1. The third kappa shape index (κ3) is 6.26. The van der Waals surface area contributed by atoms with E-state index in [2.05, 4.69) is 37.9 Å². The zero-order chi connectivity index (χ0) is 33.6. The number of nitrogens with zero attached hydrogens (tertiary/aromatic N) is 9. The molecule has 0 aliphatic carbocycles. The van der Waals surface area contributed by atoms with E-state index in [9.17, 15) is 23.2 Å². The number of hydrogen-bond donors (Lipinski definition) is 0. The van der Waals surface area contributed by atoms with Gasteiger partial charge in [-0.1, -0.05) is 6.92 Å². The van der Waals surface area contributed by atoms with Gasteiger partial charge in [-0.25, -0.2) is 4.98 Å². The minimum absolute atomic E-state index is 0.0112. The molecule has 0 bridgehead atoms. The van der Waals surface area contributed by atoms with E-state index in [0.717, 1.165) is 37.3 Å². The van der Waals surface area contributed by atoms with Crippen LogP contribution in [0.1, 0.15) is 58.2 Å². The predicted octanol–water partition coefficient (Wildman–Crippen LogP) is 3.78. The largest absolute Gasteiger partial charge is 0.416 e. The van der Waals surface area contributed by atoms with Gasteiger partial charge in [0.1, 0.15) is 23.8 Å². The molecule has 1 atom stereocenters. The Kier molecular flexibility index (Phi) is 8.63. The molecule has 11 nitrogen and oxygen atoms in total. The van der Waals surface area contributed by atoms with Crippen molar-refractivity contribution in [3.05, 3.63) is 64.2 Å². The topological polar surface area (TPSA) is 107 Å². The van der Waals surface area contributed by atoms with Crippen LogP contribution in [0.25, 0.3) is 0 Å². The third-order valence-corrected chi connectivity index (χ3v) is 10.3. The summed E-state index contributed by atoms with van der Waals surface area (Å²) < 4.78 is 51.4. The van der Waals surface area contributed by atoms with Crippen LogP contribution in [0.4, 0.5) is 24.8 Å². The van der Waals surface area contributed by atoms with Crippen LogP contribution in [0.5, 0.6) is 0 Å². The van der Waals surface area contributed by atoms with Gasteiger partial charge in [0, 0.05) is 63.7 Å². The molecule has 0 N–H and O–H groups in total. The van der Waals surface area contributed by atoms with Crippen molar-refractivity contribution in [2.75, 3.05) is 68.8 Å². The first-order chi connectivity index (χ1) is 23.0. The van der Waals surface area contributed by atoms with Crippen molar-refractivity contribution in [3.63, 3.8) is 0 Å². The van der Waals surface area contributed by atoms with Gasteiger partial charge in [-0.2, -0.15) is 18.4 Å². The van der Waals surface area contributed by atoms with Crippen molar-refractivity contribution in [3.8, 4) is 6.07 Å². The van der Waals surface area contributed by atoms with Crippen LogP contribution in [0, 0.1) is 17.2 Å². The third-order valence-electron chi connectivity index (χ3n) is 10.3. The molecule has 4 aliphatic heterocycles. The number of amides is 1. The number of hydrogen-bond acceptors (Lipinski definition) is 9. The van der Waals surface area contributed by atoms with E-state index in [-0.39, 0.29) is 17.7 Å². The van der Waals surface area contributed by atoms with E-state index < -0.39 is 23.1 Å². The lowest BCUT2D eigenvalue weighted by Gasteiger charge is -2.42. The Morgan fingerprint density at radius 1 is 1.06 bits per heavy atom. The first-order valence-corrected chi connectivity index (χ1v) is 16.6. The van der Waals surface area contributed by atoms with Crippen LogP contribution in [0.2, 0.25) is 0 Å². The number of fused-ring (bicyclic) bond motifs is 1. The molecular weight excluding hydrogens is 623 g/mol. The van der Waals surface area contributed by atoms with Crippen LogP contribution < -0.4 is 9.80 Å². The molecule has 254 valence electrons. The highest BCUT2D eigenvalue weighted by Crippen LogP contribution is 2.42. The molecule has 2 aromatic heterocycles. The summed E-state index contributed by atoms with van der Waals surface area (Å²) in [5.74, 6) is 1.73. The summed E-state index contributed by atoms with van der Waals surface area (Å²) in [6.07, 6.45) is -0.319. The second-order valence-corrected chi connectivity index (χ2v) is 13.8. The number of pyridine rings is 1. The normalized spacial score (nSPS) is 21.7. The second-order valence-electron chi connectivity index (χ2n) is 13.8. The van der Waals surface area contributed by atoms with E-state index in [1.165, 1.54) is 11.0 Å². The summed E-state index contributed by atoms with van der Waals surface area (Å²) in [5.41, 5.74) is 0.231. The summed E-state index contributed by atoms with van der Waals surface area (Å²) in [7, 11) is 1.88. The molecule has 3 aromatic rings. The van der Waals surface area contributed by atoms with Crippen molar-refractivity contribution in [1.82, 2.24) is 29.5 Å². The average Bonchev–Trinajstić information content (AvgIpc) is 3.60. The van der Waals surface area contributed by atoms with Crippen molar-refractivity contribution in [2.45, 2.75) is 50.9 Å². The Morgan fingerprint density at radius 2 is 1.83 bits per heavy atom. The van der Waals surface area contributed by atoms with Crippen molar-refractivity contribution in [2.24, 2.45) is 13.0 Å². The van der Waals surface area contributed by atoms with Gasteiger partial charge < -0.3 is 14.2 Å². The zero-order valence-electron chi connectivity index (χ0n) is 27.3. The summed E-state index contributed by atoms with van der Waals surface area (Å²) in [5, 5.41) is 17.5. The SMILES string of the molecule is C[C@H]1CCCN(Cc2cc3c(c(C(F)(F)F)c2)CN(c2cc(C4(Cc5nncn5C)COC4)cc(N4CCN(CC#N)CC4)n2)C3=O)C1. The molecule has 0 unspecified atom stereocenters. The molecule has 4 aliphatic rings. The van der Waals surface area contributed by atoms with Gasteiger partial charge in [-0.3, -0.25) is 19.5 Å². The maximum Gasteiger partial charge on any atom is 0.416 e. The molecule has 0 saturated carbocycles. The van der Waals surface area contributed by atoms with E-state index >= 15 is 0 Å². The average molecular weight is 664 g/mol. The number of carbonyl (C=O) groups excluding carboxylic acids is 1. The van der Waals surface area contributed by atoms with E-state index in [1.807, 2.05) is 23.7 Å². The van der Waals surface area contributed by atoms with Crippen molar-refractivity contribution in [1.29, 1.82) is 5.26 Å². The zero-order valence-corrected chi connectivity index (χ0v) is 27.3. The fourth-order valence-electron chi connectivity index (χ4n) is 7.52. The highest BCUT2D eigenvalue weighted by Gasteiger charge is 2.45. The molecule has 14 heteroatoms. The van der Waals surface area contributed by atoms with E-state index in [4.69, 9.17) is 9.72 Å². The molecular formula is C34H40F3N9O2. The number of halogens is 3. The predicted molar refractivity (Wildman–Crippen MR) is 171 cm³/mol. The molecule has 3 saturated heterocycles. The first kappa shape index (κ1) is 32.5. The van der Waals surface area contributed by atoms with Gasteiger partial charge >= 0.3 is 6.18 Å². The number of aromatic nitrogens is 4. The Bertz CT molecular complexity index is 1720. The highest BCUT2D eigenvalue weighted by atomic mass is 19.4. The lowest BCUT2D eigenvalue weighted by molar-refractivity contribution is -0.138. The Morgan fingerprint density at radius 3 is 2.48 bits per heavy atom. The molecule has 48 heavy (non-hydrogen) atoms. The van der Waals surface area contributed by atoms with Crippen LogP contribution in [-0.2, 0) is 42.9 Å². The molecule has 3 fully saturated rings. The number of likely N-dealkylation sites (tertiary alicyclic amines) is 1. The van der Waals surface area contributed by atoms with Gasteiger partial charge in [0.05, 0.1) is 37.9 Å². The first-order valence-electron chi connectivity index (χ1n) is 16.6. The van der Waals surface area contributed by atoms with Crippen LogP contribution in [0.15, 0.2) is 30.6 Å². The van der Waals surface area contributed by atoms with Gasteiger partial charge in [0.25, 0.3) is 5.91 Å². The fourth-order valence-corrected chi connectivity index (χ4v) is 7.52. The smallest absolute Gasteiger partial charge is 0.379 e. The van der Waals surface area contributed by atoms with Crippen LogP contribution in [-0.4, -0.2) is 94.5 Å². The number of alkyl halides is 3. The lowest BCUT2D eigenvalue weighted by atomic mass is 9.75. The number of nitriles is 1. The van der Waals surface area contributed by atoms with Crippen LogP contribution in [0.3, 0.4) is 0 Å². The minimum Gasteiger partial charge on any atom is -0.379 e. The van der Waals surface area contributed by atoms with Gasteiger partial charge in [0.15, 0.2) is 0 Å². The number of aryl methyl sites for hydroxylation is 1. The number of piperidine rings is 1. The number of anilines is 2. The van der Waals surface area contributed by atoms with Crippen molar-refractivity contribution < 1.29 is 22.7 Å². The van der Waals surface area contributed by atoms with E-state index in [0.29, 0.717) is 82.0 Å². The fraction of sp³-hybridized carbons (Fsp3) is 0.559. The highest BCUT2D eigenvalue weighted by molar-refractivity contribution is 6.10. The lowest BCUT2D eigenvalue weighted by Crippen LogP contribution is -2.50. The number of carbonyl (C=O) groups is 1. The summed E-state index contributed by atoms with van der Waals surface area (Å²) in [6, 6.07) is 8.93. The minimum atomic E-state index is -4.61. The molecule has 7 rings (SSSR count). The maximum atomic E-state index is 14.6. The molecule has 1 amide bonds. The number of rotatable bonds is 8. The monoisotopic (exact) mass is 663 g/mol. The van der Waals surface area contributed by atoms with Gasteiger partial charge in [-0.15, -0.1) is 10.2 Å². The summed E-state index contributed by atoms with van der Waals surface area (Å²) in [6.45, 7) is 7.72. The second kappa shape index (κ2) is 12.8. The quantitative estimate of drug-likeness (QED) is 0.333. The molecule has 0 spiro atoms. The van der Waals surface area contributed by atoms with E-state index in [1.54, 1.807) is 12.4 Å². The molecule has 6 heterocycles. The summed E-state index contributed by atoms with van der Waals surface area (Å²) >= 11 is 0. The maximum absolute atomic E-state index is 14.6.